The van der Waals surface area contributed by atoms with Crippen molar-refractivity contribution in [3.8, 4) is 17.0 Å². The van der Waals surface area contributed by atoms with E-state index in [0.29, 0.717) is 12.3 Å². The second-order valence-corrected chi connectivity index (χ2v) is 8.60. The van der Waals surface area contributed by atoms with Crippen molar-refractivity contribution in [2.45, 2.75) is 24.7 Å². The van der Waals surface area contributed by atoms with Crippen LogP contribution >= 0.6 is 11.3 Å². The molecule has 29 heavy (non-hydrogen) atoms. The predicted molar refractivity (Wildman–Crippen MR) is 112 cm³/mol. The molecule has 3 aromatic rings. The third kappa shape index (κ3) is 5.09. The van der Waals surface area contributed by atoms with E-state index in [-0.39, 0.29) is 5.13 Å². The quantitative estimate of drug-likeness (QED) is 0.297. The predicted octanol–water partition coefficient (Wildman–Crippen LogP) is 4.70. The number of nitro benzene ring substituents is 1. The van der Waals surface area contributed by atoms with Crippen molar-refractivity contribution in [3.05, 3.63) is 64.0 Å². The smallest absolute Gasteiger partial charge is 0.289 e. The Hall–Kier alpha value is -2.98. The van der Waals surface area contributed by atoms with Crippen LogP contribution < -0.4 is 9.46 Å². The average Bonchev–Trinajstić information content (AvgIpc) is 3.16. The number of anilines is 1. The van der Waals surface area contributed by atoms with Gasteiger partial charge >= 0.3 is 0 Å². The van der Waals surface area contributed by atoms with E-state index in [0.717, 1.165) is 41.6 Å². The van der Waals surface area contributed by atoms with Crippen LogP contribution in [-0.4, -0.2) is 24.9 Å². The molecule has 3 rings (SSSR count). The average molecular weight is 434 g/mol. The molecule has 0 aliphatic heterocycles. The van der Waals surface area contributed by atoms with Crippen LogP contribution in [0.15, 0.2) is 58.8 Å². The van der Waals surface area contributed by atoms with Crippen LogP contribution in [0.3, 0.4) is 0 Å². The molecule has 1 heterocycles. The Morgan fingerprint density at radius 2 is 1.90 bits per heavy atom. The van der Waals surface area contributed by atoms with Crippen LogP contribution in [0, 0.1) is 10.1 Å². The third-order valence-corrected chi connectivity index (χ3v) is 6.27. The summed E-state index contributed by atoms with van der Waals surface area (Å²) in [4.78, 5) is 14.3. The Bertz CT molecular complexity index is 1100. The summed E-state index contributed by atoms with van der Waals surface area (Å²) in [6, 6.07) is 12.5. The van der Waals surface area contributed by atoms with E-state index in [9.17, 15) is 18.5 Å². The highest BCUT2D eigenvalue weighted by Crippen LogP contribution is 2.30. The lowest BCUT2D eigenvalue weighted by atomic mass is 10.2. The number of ether oxygens (including phenoxy) is 1. The van der Waals surface area contributed by atoms with Crippen LogP contribution in [0.25, 0.3) is 11.3 Å². The summed E-state index contributed by atoms with van der Waals surface area (Å²) < 4.78 is 33.1. The van der Waals surface area contributed by atoms with Crippen LogP contribution in [0.5, 0.6) is 5.75 Å². The van der Waals surface area contributed by atoms with Gasteiger partial charge in [-0.05, 0) is 36.8 Å². The molecule has 0 bridgehead atoms. The number of hydrogen-bond acceptors (Lipinski definition) is 7. The van der Waals surface area contributed by atoms with Crippen molar-refractivity contribution in [1.82, 2.24) is 4.98 Å². The van der Waals surface area contributed by atoms with Crippen molar-refractivity contribution in [3.63, 3.8) is 0 Å². The zero-order valence-corrected chi connectivity index (χ0v) is 17.2. The molecule has 1 N–H and O–H groups in total. The summed E-state index contributed by atoms with van der Waals surface area (Å²) >= 11 is 1.10. The van der Waals surface area contributed by atoms with Crippen LogP contribution in [-0.2, 0) is 10.0 Å². The standard InChI is InChI=1S/C19H19N3O5S2/c1-2-3-12-27-15-10-8-14(9-11-15)16-13-28-19(20-16)21-29(25,26)18-7-5-4-6-17(18)22(23)24/h4-11,13H,2-3,12H2,1H3,(H,20,21). The van der Waals surface area contributed by atoms with Gasteiger partial charge in [-0.2, -0.15) is 0 Å². The second-order valence-electron chi connectivity index (χ2n) is 6.09. The first-order valence-corrected chi connectivity index (χ1v) is 11.2. The highest BCUT2D eigenvalue weighted by Gasteiger charge is 2.26. The maximum atomic E-state index is 12.6. The summed E-state index contributed by atoms with van der Waals surface area (Å²) in [7, 11) is -4.14. The van der Waals surface area contributed by atoms with Crippen LogP contribution in [0.2, 0.25) is 0 Å². The molecular formula is C19H19N3O5S2. The molecule has 0 saturated heterocycles. The molecule has 0 aliphatic carbocycles. The summed E-state index contributed by atoms with van der Waals surface area (Å²) in [6.45, 7) is 2.75. The lowest BCUT2D eigenvalue weighted by Crippen LogP contribution is -2.14. The number of hydrogen-bond donors (Lipinski definition) is 1. The highest BCUT2D eigenvalue weighted by atomic mass is 32.2. The molecule has 0 spiro atoms. The van der Waals surface area contributed by atoms with E-state index < -0.39 is 25.5 Å². The highest BCUT2D eigenvalue weighted by molar-refractivity contribution is 7.93. The fourth-order valence-electron chi connectivity index (χ4n) is 2.51. The van der Waals surface area contributed by atoms with Crippen molar-refractivity contribution < 1.29 is 18.1 Å². The Morgan fingerprint density at radius 3 is 2.59 bits per heavy atom. The zero-order valence-electron chi connectivity index (χ0n) is 15.6. The van der Waals surface area contributed by atoms with Crippen LogP contribution in [0.1, 0.15) is 19.8 Å². The molecule has 0 atom stereocenters. The Labute approximate surface area is 172 Å². The van der Waals surface area contributed by atoms with Crippen molar-refractivity contribution in [1.29, 1.82) is 0 Å². The topological polar surface area (TPSA) is 111 Å². The molecule has 0 fully saturated rings. The second kappa shape index (κ2) is 9.01. The summed E-state index contributed by atoms with van der Waals surface area (Å²) in [5.74, 6) is 0.759. The van der Waals surface area contributed by atoms with Gasteiger partial charge in [0, 0.05) is 17.0 Å². The first-order chi connectivity index (χ1) is 13.9. The molecule has 0 saturated carbocycles. The largest absolute Gasteiger partial charge is 0.494 e. The van der Waals surface area contributed by atoms with Gasteiger partial charge in [-0.25, -0.2) is 13.4 Å². The number of para-hydroxylation sites is 1. The van der Waals surface area contributed by atoms with E-state index >= 15 is 0 Å². The molecule has 152 valence electrons. The molecular weight excluding hydrogens is 414 g/mol. The monoisotopic (exact) mass is 433 g/mol. The molecule has 8 nitrogen and oxygen atoms in total. The number of aromatic nitrogens is 1. The minimum absolute atomic E-state index is 0.126. The van der Waals surface area contributed by atoms with Gasteiger partial charge in [0.05, 0.1) is 17.2 Å². The van der Waals surface area contributed by atoms with E-state index in [1.807, 2.05) is 24.3 Å². The summed E-state index contributed by atoms with van der Waals surface area (Å²) in [6.07, 6.45) is 2.04. The number of nitrogens with zero attached hydrogens (tertiary/aromatic N) is 2. The molecule has 1 aromatic heterocycles. The van der Waals surface area contributed by atoms with Gasteiger partial charge in [0.15, 0.2) is 10.0 Å². The minimum Gasteiger partial charge on any atom is -0.494 e. The molecule has 0 aliphatic rings. The Balaban J connectivity index is 1.76. The van der Waals surface area contributed by atoms with Crippen LogP contribution in [0.4, 0.5) is 10.8 Å². The van der Waals surface area contributed by atoms with Crippen molar-refractivity contribution >= 4 is 32.2 Å². The molecule has 0 unspecified atom stereocenters. The van der Waals surface area contributed by atoms with Gasteiger partial charge in [0.2, 0.25) is 0 Å². The Kier molecular flexibility index (Phi) is 6.45. The number of sulfonamides is 1. The van der Waals surface area contributed by atoms with E-state index in [2.05, 4.69) is 16.6 Å². The van der Waals surface area contributed by atoms with Gasteiger partial charge in [-0.3, -0.25) is 14.8 Å². The first-order valence-electron chi connectivity index (χ1n) is 8.85. The number of unbranched alkanes of at least 4 members (excludes halogenated alkanes) is 1. The fourth-order valence-corrected chi connectivity index (χ4v) is 4.66. The molecule has 2 aromatic carbocycles. The van der Waals surface area contributed by atoms with E-state index in [1.165, 1.54) is 18.2 Å². The SMILES string of the molecule is CCCCOc1ccc(-c2csc(NS(=O)(=O)c3ccccc3[N+](=O)[O-])n2)cc1. The van der Waals surface area contributed by atoms with Gasteiger partial charge in [-0.1, -0.05) is 25.5 Å². The maximum Gasteiger partial charge on any atom is 0.289 e. The van der Waals surface area contributed by atoms with Crippen molar-refractivity contribution in [2.75, 3.05) is 11.3 Å². The molecule has 0 radical (unpaired) electrons. The number of nitro groups is 1. The van der Waals surface area contributed by atoms with Crippen molar-refractivity contribution in [2.24, 2.45) is 0 Å². The summed E-state index contributed by atoms with van der Waals surface area (Å²) in [5, 5.41) is 12.9. The molecule has 10 heteroatoms. The third-order valence-electron chi connectivity index (χ3n) is 3.99. The van der Waals surface area contributed by atoms with Gasteiger partial charge in [0.25, 0.3) is 15.7 Å². The molecule has 0 amide bonds. The van der Waals surface area contributed by atoms with Gasteiger partial charge in [-0.15, -0.1) is 11.3 Å². The minimum atomic E-state index is -4.14. The van der Waals surface area contributed by atoms with Gasteiger partial charge < -0.3 is 4.74 Å². The normalized spacial score (nSPS) is 11.2. The van der Waals surface area contributed by atoms with E-state index in [1.54, 1.807) is 5.38 Å². The fraction of sp³-hybridized carbons (Fsp3) is 0.211. The van der Waals surface area contributed by atoms with E-state index in [4.69, 9.17) is 4.74 Å². The lowest BCUT2D eigenvalue weighted by molar-refractivity contribution is -0.387. The zero-order chi connectivity index (χ0) is 20.9. The number of benzene rings is 2. The van der Waals surface area contributed by atoms with Gasteiger partial charge in [0.1, 0.15) is 5.75 Å². The summed E-state index contributed by atoms with van der Waals surface area (Å²) in [5.41, 5.74) is 0.908. The number of rotatable bonds is 9. The maximum absolute atomic E-state index is 12.6. The Morgan fingerprint density at radius 1 is 1.17 bits per heavy atom. The lowest BCUT2D eigenvalue weighted by Gasteiger charge is -2.06. The number of thiazole rings is 1. The first kappa shape index (κ1) is 20.7. The number of nitrogens with one attached hydrogen (secondary N) is 1.